The standard InChI is InChI=1S/C54H97NO5/c1-4-7-10-13-16-19-22-24-26-28-31-34-37-40-43-46-52(57)51(49-56)55-53(58)48-50(45-42-39-36-33-30-21-18-15-12-9-6-3)60-54(59)47-44-41-38-35-32-29-27-25-23-20-17-14-11-8-5-2/h9,12,15,17-18,20-21,23,25,30,50-52,56-57H,4-8,10-11,13-14,16,19,22,24,26-29,31-49H2,1-3H3,(H,55,58)/b12-9+,18-15+,20-17+,25-23+,30-21-. The molecule has 0 aromatic heterocycles. The molecule has 0 saturated carbocycles. The maximum atomic E-state index is 13.2. The molecule has 0 saturated heterocycles. The van der Waals surface area contributed by atoms with Gasteiger partial charge in [-0.2, -0.15) is 0 Å². The van der Waals surface area contributed by atoms with Gasteiger partial charge in [0.1, 0.15) is 6.10 Å². The Bertz CT molecular complexity index is 1080. The van der Waals surface area contributed by atoms with Gasteiger partial charge in [-0.1, -0.05) is 223 Å². The predicted octanol–water partition coefficient (Wildman–Crippen LogP) is 15.2. The Balaban J connectivity index is 4.56. The zero-order chi connectivity index (χ0) is 43.8. The van der Waals surface area contributed by atoms with Crippen molar-refractivity contribution in [3.8, 4) is 0 Å². The molecule has 0 aromatic carbocycles. The van der Waals surface area contributed by atoms with Crippen molar-refractivity contribution in [2.45, 2.75) is 264 Å². The molecule has 1 amide bonds. The van der Waals surface area contributed by atoms with Crippen LogP contribution in [0.3, 0.4) is 0 Å². The van der Waals surface area contributed by atoms with Crippen LogP contribution in [-0.4, -0.2) is 46.9 Å². The van der Waals surface area contributed by atoms with Gasteiger partial charge in [0.25, 0.3) is 0 Å². The minimum atomic E-state index is -0.800. The van der Waals surface area contributed by atoms with Crippen LogP contribution in [0.25, 0.3) is 0 Å². The first-order valence-corrected chi connectivity index (χ1v) is 25.6. The zero-order valence-corrected chi connectivity index (χ0v) is 39.6. The lowest BCUT2D eigenvalue weighted by Crippen LogP contribution is -2.46. The zero-order valence-electron chi connectivity index (χ0n) is 39.6. The smallest absolute Gasteiger partial charge is 0.306 e. The number of amides is 1. The van der Waals surface area contributed by atoms with E-state index >= 15 is 0 Å². The first-order valence-electron chi connectivity index (χ1n) is 25.6. The van der Waals surface area contributed by atoms with Gasteiger partial charge in [0.2, 0.25) is 5.91 Å². The van der Waals surface area contributed by atoms with Crippen LogP contribution in [0.4, 0.5) is 0 Å². The molecule has 348 valence electrons. The van der Waals surface area contributed by atoms with Gasteiger partial charge in [-0.05, 0) is 70.6 Å². The van der Waals surface area contributed by atoms with Crippen LogP contribution in [0.1, 0.15) is 245 Å². The second kappa shape index (κ2) is 47.6. The summed E-state index contributed by atoms with van der Waals surface area (Å²) in [5, 5.41) is 23.7. The highest BCUT2D eigenvalue weighted by Crippen LogP contribution is 2.17. The number of ether oxygens (including phenoxy) is 1. The van der Waals surface area contributed by atoms with E-state index in [0.29, 0.717) is 19.3 Å². The fourth-order valence-corrected chi connectivity index (χ4v) is 7.54. The van der Waals surface area contributed by atoms with Gasteiger partial charge in [-0.25, -0.2) is 0 Å². The van der Waals surface area contributed by atoms with E-state index in [1.807, 2.05) is 12.2 Å². The summed E-state index contributed by atoms with van der Waals surface area (Å²) in [6.07, 6.45) is 58.5. The molecule has 0 heterocycles. The summed E-state index contributed by atoms with van der Waals surface area (Å²) in [4.78, 5) is 26.1. The van der Waals surface area contributed by atoms with Gasteiger partial charge in [0.05, 0.1) is 25.2 Å². The summed E-state index contributed by atoms with van der Waals surface area (Å²) < 4.78 is 5.90. The number of hydrogen-bond donors (Lipinski definition) is 3. The number of aliphatic hydroxyl groups excluding tert-OH is 2. The van der Waals surface area contributed by atoms with Crippen molar-refractivity contribution in [3.63, 3.8) is 0 Å². The molecule has 0 bridgehead atoms. The fraction of sp³-hybridized carbons (Fsp3) is 0.778. The highest BCUT2D eigenvalue weighted by Gasteiger charge is 2.24. The number of carbonyl (C=O) groups is 2. The summed E-state index contributed by atoms with van der Waals surface area (Å²) in [6, 6.07) is -0.716. The first kappa shape index (κ1) is 57.6. The molecule has 3 N–H and O–H groups in total. The number of aliphatic hydroxyl groups is 2. The average molecular weight is 840 g/mol. The van der Waals surface area contributed by atoms with Crippen molar-refractivity contribution in [2.24, 2.45) is 0 Å². The second-order valence-electron chi connectivity index (χ2n) is 17.3. The summed E-state index contributed by atoms with van der Waals surface area (Å²) in [5.74, 6) is -0.522. The number of rotatable bonds is 45. The van der Waals surface area contributed by atoms with Gasteiger partial charge in [-0.3, -0.25) is 9.59 Å². The number of unbranched alkanes of at least 4 members (excludes halogenated alkanes) is 26. The molecule has 0 radical (unpaired) electrons. The third-order valence-electron chi connectivity index (χ3n) is 11.4. The molecule has 0 fully saturated rings. The highest BCUT2D eigenvalue weighted by molar-refractivity contribution is 5.77. The van der Waals surface area contributed by atoms with Gasteiger partial charge < -0.3 is 20.3 Å². The summed E-state index contributed by atoms with van der Waals surface area (Å²) >= 11 is 0. The lowest BCUT2D eigenvalue weighted by atomic mass is 10.0. The highest BCUT2D eigenvalue weighted by atomic mass is 16.5. The Labute approximate surface area is 371 Å². The molecule has 0 spiro atoms. The van der Waals surface area contributed by atoms with Gasteiger partial charge in [-0.15, -0.1) is 0 Å². The van der Waals surface area contributed by atoms with E-state index in [2.05, 4.69) is 74.7 Å². The minimum Gasteiger partial charge on any atom is -0.462 e. The van der Waals surface area contributed by atoms with Crippen molar-refractivity contribution >= 4 is 11.9 Å². The van der Waals surface area contributed by atoms with Crippen LogP contribution in [0, 0.1) is 0 Å². The molecular formula is C54H97NO5. The number of nitrogens with one attached hydrogen (secondary N) is 1. The van der Waals surface area contributed by atoms with Crippen LogP contribution in [-0.2, 0) is 14.3 Å². The first-order chi connectivity index (χ1) is 29.5. The summed E-state index contributed by atoms with van der Waals surface area (Å²) in [6.45, 7) is 6.31. The van der Waals surface area contributed by atoms with Gasteiger partial charge >= 0.3 is 5.97 Å². The molecule has 0 aliphatic carbocycles. The fourth-order valence-electron chi connectivity index (χ4n) is 7.54. The molecule has 0 aliphatic heterocycles. The van der Waals surface area contributed by atoms with Crippen molar-refractivity contribution < 1.29 is 24.5 Å². The Morgan fingerprint density at radius 1 is 0.500 bits per heavy atom. The minimum absolute atomic E-state index is 0.0486. The van der Waals surface area contributed by atoms with E-state index < -0.39 is 18.2 Å². The van der Waals surface area contributed by atoms with Gasteiger partial charge in [0, 0.05) is 6.42 Å². The molecule has 0 aromatic rings. The number of allylic oxidation sites excluding steroid dienone is 10. The largest absolute Gasteiger partial charge is 0.462 e. The van der Waals surface area contributed by atoms with Crippen LogP contribution < -0.4 is 5.32 Å². The average Bonchev–Trinajstić information content (AvgIpc) is 3.24. The Morgan fingerprint density at radius 2 is 0.900 bits per heavy atom. The van der Waals surface area contributed by atoms with E-state index in [1.54, 1.807) is 0 Å². The Kier molecular flexibility index (Phi) is 45.7. The van der Waals surface area contributed by atoms with E-state index in [1.165, 1.54) is 122 Å². The topological polar surface area (TPSA) is 95.9 Å². The quantitative estimate of drug-likeness (QED) is 0.0322. The maximum absolute atomic E-state index is 13.2. The number of hydrogen-bond acceptors (Lipinski definition) is 5. The van der Waals surface area contributed by atoms with Crippen molar-refractivity contribution in [1.29, 1.82) is 0 Å². The van der Waals surface area contributed by atoms with Crippen LogP contribution >= 0.6 is 0 Å². The number of carbonyl (C=O) groups excluding carboxylic acids is 2. The molecule has 6 nitrogen and oxygen atoms in total. The molecule has 3 unspecified atom stereocenters. The van der Waals surface area contributed by atoms with E-state index in [9.17, 15) is 19.8 Å². The van der Waals surface area contributed by atoms with Crippen LogP contribution in [0.15, 0.2) is 60.8 Å². The molecular weight excluding hydrogens is 743 g/mol. The SMILES string of the molecule is CC/C=C/C=C/C=C\CCCCCC(CC(=O)NC(CO)C(O)CCCCCCCCCCCCCCCCC)OC(=O)CCCCCCCC/C=C/C=C/CCCCC. The van der Waals surface area contributed by atoms with Crippen LogP contribution in [0.5, 0.6) is 0 Å². The third kappa shape index (κ3) is 42.3. The van der Waals surface area contributed by atoms with Crippen molar-refractivity contribution in [2.75, 3.05) is 6.61 Å². The molecule has 0 aliphatic rings. The van der Waals surface area contributed by atoms with E-state index in [-0.39, 0.29) is 24.9 Å². The van der Waals surface area contributed by atoms with E-state index in [0.717, 1.165) is 77.0 Å². The third-order valence-corrected chi connectivity index (χ3v) is 11.4. The van der Waals surface area contributed by atoms with Crippen molar-refractivity contribution in [3.05, 3.63) is 60.8 Å². The molecule has 3 atom stereocenters. The Hall–Kier alpha value is -2.44. The second-order valence-corrected chi connectivity index (χ2v) is 17.3. The lowest BCUT2D eigenvalue weighted by Gasteiger charge is -2.24. The van der Waals surface area contributed by atoms with Crippen LogP contribution in [0.2, 0.25) is 0 Å². The maximum Gasteiger partial charge on any atom is 0.306 e. The summed E-state index contributed by atoms with van der Waals surface area (Å²) in [5.41, 5.74) is 0. The molecule has 6 heteroatoms. The van der Waals surface area contributed by atoms with E-state index in [4.69, 9.17) is 4.74 Å². The van der Waals surface area contributed by atoms with Gasteiger partial charge in [0.15, 0.2) is 0 Å². The molecule has 60 heavy (non-hydrogen) atoms. The molecule has 0 rings (SSSR count). The Morgan fingerprint density at radius 3 is 1.42 bits per heavy atom. The monoisotopic (exact) mass is 840 g/mol. The summed E-state index contributed by atoms with van der Waals surface area (Å²) in [7, 11) is 0. The van der Waals surface area contributed by atoms with Crippen molar-refractivity contribution in [1.82, 2.24) is 5.32 Å². The lowest BCUT2D eigenvalue weighted by molar-refractivity contribution is -0.151. The predicted molar refractivity (Wildman–Crippen MR) is 259 cm³/mol. The number of esters is 1. The normalized spacial score (nSPS) is 13.8.